The second-order valence-corrected chi connectivity index (χ2v) is 8.97. The van der Waals surface area contributed by atoms with Gasteiger partial charge in [0.15, 0.2) is 0 Å². The molecule has 2 aromatic carbocycles. The summed E-state index contributed by atoms with van der Waals surface area (Å²) in [4.78, 5) is 9.23. The van der Waals surface area contributed by atoms with E-state index in [1.165, 1.54) is 36.4 Å². The van der Waals surface area contributed by atoms with Crippen LogP contribution in [-0.4, -0.2) is 44.6 Å². The molecule has 3 aromatic rings. The number of sulfonamides is 1. The molecule has 174 valence electrons. The van der Waals surface area contributed by atoms with Crippen molar-refractivity contribution in [2.45, 2.75) is 11.1 Å². The number of aromatic nitrogens is 2. The van der Waals surface area contributed by atoms with Crippen molar-refractivity contribution in [1.29, 1.82) is 0 Å². The molecular formula is C21H19F4N5O2S. The number of rotatable bonds is 4. The lowest BCUT2D eigenvalue weighted by molar-refractivity contribution is -0.144. The third-order valence-corrected chi connectivity index (χ3v) is 6.08. The summed E-state index contributed by atoms with van der Waals surface area (Å²) in [5.41, 5.74) is 0.877. The van der Waals surface area contributed by atoms with E-state index in [9.17, 15) is 26.0 Å². The minimum atomic E-state index is -4.81. The molecule has 1 aliphatic rings. The Balaban J connectivity index is 2.01. The van der Waals surface area contributed by atoms with Gasteiger partial charge in [-0.3, -0.25) is 0 Å². The molecule has 2 heterocycles. The van der Waals surface area contributed by atoms with Crippen LogP contribution in [0.15, 0.2) is 53.4 Å². The van der Waals surface area contributed by atoms with Gasteiger partial charge in [0.25, 0.3) is 0 Å². The van der Waals surface area contributed by atoms with Crippen LogP contribution in [-0.2, 0) is 16.2 Å². The number of nitrogens with two attached hydrogens (primary N) is 1. The van der Waals surface area contributed by atoms with E-state index in [1.807, 2.05) is 0 Å². The van der Waals surface area contributed by atoms with E-state index in [2.05, 4.69) is 15.3 Å². The number of nitrogens with zero attached hydrogens (tertiary/aromatic N) is 3. The maximum atomic E-state index is 13.7. The molecule has 0 atom stereocenters. The summed E-state index contributed by atoms with van der Waals surface area (Å²) in [6.07, 6.45) is -4.81. The average molecular weight is 481 g/mol. The first-order valence-corrected chi connectivity index (χ1v) is 11.4. The fourth-order valence-corrected chi connectivity index (χ4v) is 4.09. The zero-order valence-corrected chi connectivity index (χ0v) is 17.9. The number of primary sulfonamides is 1. The minimum Gasteiger partial charge on any atom is -0.353 e. The monoisotopic (exact) mass is 481 g/mol. The van der Waals surface area contributed by atoms with Gasteiger partial charge in [0, 0.05) is 31.7 Å². The molecule has 3 N–H and O–H groups in total. The SMILES string of the molecule is NS(=O)(=O)c1ccc(-c2c(-c3ccc(F)cc3)nc(C(F)(F)F)nc2N2CCNCC2)cc1. The van der Waals surface area contributed by atoms with E-state index in [1.54, 1.807) is 4.90 Å². The van der Waals surface area contributed by atoms with Crippen LogP contribution in [0.1, 0.15) is 5.82 Å². The van der Waals surface area contributed by atoms with Crippen LogP contribution in [0.2, 0.25) is 0 Å². The largest absolute Gasteiger partial charge is 0.451 e. The quantitative estimate of drug-likeness (QED) is 0.556. The molecule has 4 rings (SSSR count). The van der Waals surface area contributed by atoms with Crippen molar-refractivity contribution in [2.75, 3.05) is 31.1 Å². The highest BCUT2D eigenvalue weighted by molar-refractivity contribution is 7.89. The number of nitrogens with one attached hydrogen (secondary N) is 1. The Labute approximate surface area is 187 Å². The van der Waals surface area contributed by atoms with Gasteiger partial charge >= 0.3 is 6.18 Å². The second kappa shape index (κ2) is 8.69. The third kappa shape index (κ3) is 4.97. The van der Waals surface area contributed by atoms with Gasteiger partial charge < -0.3 is 10.2 Å². The Hall–Kier alpha value is -3.09. The number of hydrogen-bond donors (Lipinski definition) is 2. The van der Waals surface area contributed by atoms with Gasteiger partial charge in [0.05, 0.1) is 16.2 Å². The van der Waals surface area contributed by atoms with E-state index < -0.39 is 27.8 Å². The molecule has 33 heavy (non-hydrogen) atoms. The first-order chi connectivity index (χ1) is 15.5. The lowest BCUT2D eigenvalue weighted by Crippen LogP contribution is -2.44. The molecule has 0 spiro atoms. The summed E-state index contributed by atoms with van der Waals surface area (Å²) < 4.78 is 78.0. The van der Waals surface area contributed by atoms with Gasteiger partial charge in [-0.15, -0.1) is 0 Å². The van der Waals surface area contributed by atoms with Crippen LogP contribution < -0.4 is 15.4 Å². The number of anilines is 1. The molecule has 0 bridgehead atoms. The lowest BCUT2D eigenvalue weighted by atomic mass is 9.98. The standard InChI is InChI=1S/C21H19F4N5O2S/c22-15-5-1-14(2-6-15)18-17(13-3-7-16(8-4-13)33(26,31)32)19(30-11-9-27-10-12-30)29-20(28-18)21(23,24)25/h1-8,27H,9-12H2,(H2,26,31,32). The Morgan fingerprint density at radius 2 is 1.48 bits per heavy atom. The fourth-order valence-electron chi connectivity index (χ4n) is 3.57. The van der Waals surface area contributed by atoms with Gasteiger partial charge in [-0.25, -0.2) is 27.9 Å². The number of hydrogen-bond acceptors (Lipinski definition) is 6. The van der Waals surface area contributed by atoms with Crippen LogP contribution in [0.5, 0.6) is 0 Å². The molecule has 0 radical (unpaired) electrons. The molecule has 0 saturated carbocycles. The maximum Gasteiger partial charge on any atom is 0.451 e. The maximum absolute atomic E-state index is 13.7. The average Bonchev–Trinajstić information content (AvgIpc) is 2.78. The molecule has 0 unspecified atom stereocenters. The van der Waals surface area contributed by atoms with E-state index in [0.717, 1.165) is 12.1 Å². The Morgan fingerprint density at radius 3 is 2.03 bits per heavy atom. The Morgan fingerprint density at radius 1 is 0.909 bits per heavy atom. The van der Waals surface area contributed by atoms with E-state index in [0.29, 0.717) is 31.7 Å². The Bertz CT molecular complexity index is 1260. The molecule has 1 aliphatic heterocycles. The molecule has 0 amide bonds. The molecule has 7 nitrogen and oxygen atoms in total. The zero-order chi connectivity index (χ0) is 23.8. The molecule has 1 saturated heterocycles. The molecule has 1 aromatic heterocycles. The van der Waals surface area contributed by atoms with Crippen LogP contribution in [0.3, 0.4) is 0 Å². The number of benzene rings is 2. The molecule has 0 aliphatic carbocycles. The van der Waals surface area contributed by atoms with Crippen molar-refractivity contribution < 1.29 is 26.0 Å². The van der Waals surface area contributed by atoms with Crippen LogP contribution in [0, 0.1) is 5.82 Å². The summed E-state index contributed by atoms with van der Waals surface area (Å²) in [5.74, 6) is -1.81. The van der Waals surface area contributed by atoms with Crippen molar-refractivity contribution in [2.24, 2.45) is 5.14 Å². The topological polar surface area (TPSA) is 101 Å². The molecular weight excluding hydrogens is 462 g/mol. The van der Waals surface area contributed by atoms with Crippen molar-refractivity contribution in [1.82, 2.24) is 15.3 Å². The second-order valence-electron chi connectivity index (χ2n) is 7.41. The smallest absolute Gasteiger partial charge is 0.353 e. The summed E-state index contributed by atoms with van der Waals surface area (Å²) in [6, 6.07) is 10.3. The van der Waals surface area contributed by atoms with Crippen molar-refractivity contribution in [3.05, 3.63) is 60.2 Å². The van der Waals surface area contributed by atoms with Gasteiger partial charge in [-0.1, -0.05) is 12.1 Å². The molecule has 12 heteroatoms. The summed E-state index contributed by atoms with van der Waals surface area (Å²) in [7, 11) is -3.97. The van der Waals surface area contributed by atoms with Crippen molar-refractivity contribution >= 4 is 15.8 Å². The zero-order valence-electron chi connectivity index (χ0n) is 17.1. The van der Waals surface area contributed by atoms with Crippen LogP contribution in [0.25, 0.3) is 22.4 Å². The predicted octanol–water partition coefficient (Wildman–Crippen LogP) is 3.03. The summed E-state index contributed by atoms with van der Waals surface area (Å²) in [6.45, 7) is 1.89. The fraction of sp³-hybridized carbons (Fsp3) is 0.238. The Kier molecular flexibility index (Phi) is 6.08. The molecule has 1 fully saturated rings. The normalized spacial score (nSPS) is 15.0. The predicted molar refractivity (Wildman–Crippen MR) is 114 cm³/mol. The van der Waals surface area contributed by atoms with Gasteiger partial charge in [0.2, 0.25) is 15.8 Å². The van der Waals surface area contributed by atoms with E-state index in [-0.39, 0.29) is 27.5 Å². The van der Waals surface area contributed by atoms with E-state index >= 15 is 0 Å². The third-order valence-electron chi connectivity index (χ3n) is 5.15. The van der Waals surface area contributed by atoms with E-state index in [4.69, 9.17) is 5.14 Å². The number of alkyl halides is 3. The highest BCUT2D eigenvalue weighted by Gasteiger charge is 2.37. The van der Waals surface area contributed by atoms with Crippen LogP contribution >= 0.6 is 0 Å². The van der Waals surface area contributed by atoms with Gasteiger partial charge in [0.1, 0.15) is 11.6 Å². The van der Waals surface area contributed by atoms with Crippen molar-refractivity contribution in [3.63, 3.8) is 0 Å². The number of halogens is 4. The summed E-state index contributed by atoms with van der Waals surface area (Å²) in [5, 5.41) is 8.30. The van der Waals surface area contributed by atoms with Gasteiger partial charge in [-0.2, -0.15) is 13.2 Å². The lowest BCUT2D eigenvalue weighted by Gasteiger charge is -2.31. The highest BCUT2D eigenvalue weighted by atomic mass is 32.2. The highest BCUT2D eigenvalue weighted by Crippen LogP contribution is 2.40. The first kappa shape index (κ1) is 23.1. The first-order valence-electron chi connectivity index (χ1n) is 9.88. The summed E-state index contributed by atoms with van der Waals surface area (Å²) >= 11 is 0. The van der Waals surface area contributed by atoms with Crippen LogP contribution in [0.4, 0.5) is 23.4 Å². The van der Waals surface area contributed by atoms with Crippen molar-refractivity contribution in [3.8, 4) is 22.4 Å². The number of piperazine rings is 1. The minimum absolute atomic E-state index is 0.0470. The van der Waals surface area contributed by atoms with Gasteiger partial charge in [-0.05, 0) is 42.0 Å².